The SMILES string of the molecule is OCl.OCl.OCl.OCl.OCl.OCl.OCl.OCl.OCl.OCl.[NaH].[NaH].[NaH].[NaH].[NaH].[NaH].[NaH].[NaH]. The third kappa shape index (κ3) is 417. The summed E-state index contributed by atoms with van der Waals surface area (Å²) in [4.78, 5) is 0. The van der Waals surface area contributed by atoms with Crippen LogP contribution in [0, 0.1) is 0 Å². The van der Waals surface area contributed by atoms with Crippen LogP contribution in [0.4, 0.5) is 0 Å². The summed E-state index contributed by atoms with van der Waals surface area (Å²) in [6, 6.07) is 0. The van der Waals surface area contributed by atoms with Crippen molar-refractivity contribution in [3.05, 3.63) is 0 Å². The van der Waals surface area contributed by atoms with E-state index in [4.69, 9.17) is 46.6 Å². The fourth-order valence-corrected chi connectivity index (χ4v) is 0. The van der Waals surface area contributed by atoms with Gasteiger partial charge in [-0.25, -0.2) is 0 Å². The number of halogens is 10. The quantitative estimate of drug-likeness (QED) is 0.111. The molecule has 0 fully saturated rings. The normalized spacial score (nSPS) is 2.14. The van der Waals surface area contributed by atoms with Crippen LogP contribution < -0.4 is 0 Å². The summed E-state index contributed by atoms with van der Waals surface area (Å²) in [5, 5.41) is 0. The molecule has 0 aromatic rings. The third-order valence-corrected chi connectivity index (χ3v) is 0. The molecule has 0 aliphatic rings. The van der Waals surface area contributed by atoms with Crippen molar-refractivity contribution in [1.29, 1.82) is 0 Å². The van der Waals surface area contributed by atoms with Gasteiger partial charge in [0, 0.05) is 0 Å². The summed E-state index contributed by atoms with van der Waals surface area (Å²) in [5.41, 5.74) is 0. The summed E-state index contributed by atoms with van der Waals surface area (Å²) in [5.74, 6) is 0. The van der Waals surface area contributed by atoms with Gasteiger partial charge in [0.2, 0.25) is 0 Å². The first kappa shape index (κ1) is 129. The van der Waals surface area contributed by atoms with E-state index >= 15 is 0 Å². The molecule has 10 nitrogen and oxygen atoms in total. The van der Waals surface area contributed by atoms with Crippen molar-refractivity contribution in [2.75, 3.05) is 0 Å². The van der Waals surface area contributed by atoms with E-state index in [2.05, 4.69) is 119 Å². The topological polar surface area (TPSA) is 202 Å². The van der Waals surface area contributed by atoms with Crippen LogP contribution in [0.25, 0.3) is 0 Å². The molecule has 0 aliphatic carbocycles. The van der Waals surface area contributed by atoms with Crippen molar-refractivity contribution in [1.82, 2.24) is 0 Å². The average molecular weight is 717 g/mol. The van der Waals surface area contributed by atoms with E-state index < -0.39 is 0 Å². The Hall–Kier alpha value is 10.5. The molecule has 0 radical (unpaired) electrons. The molecule has 0 saturated heterocycles. The van der Waals surface area contributed by atoms with Crippen molar-refractivity contribution in [2.45, 2.75) is 0 Å². The van der Waals surface area contributed by atoms with Gasteiger partial charge in [0.05, 0.1) is 119 Å². The van der Waals surface area contributed by atoms with Crippen LogP contribution in [0.3, 0.4) is 0 Å². The van der Waals surface area contributed by atoms with Crippen LogP contribution in [0.2, 0.25) is 0 Å². The maximum absolute atomic E-state index is 6.47. The molecule has 156 valence electrons. The van der Waals surface area contributed by atoms with Gasteiger partial charge in [-0.1, -0.05) is 0 Å². The molecule has 10 N–H and O–H groups in total. The molecule has 0 spiro atoms. The number of rotatable bonds is 0. The predicted octanol–water partition coefficient (Wildman–Crippen LogP) is -3.86. The molecule has 0 bridgehead atoms. The van der Waals surface area contributed by atoms with Crippen LogP contribution in [0.15, 0.2) is 0 Å². The van der Waals surface area contributed by atoms with Gasteiger partial charge in [0.15, 0.2) is 0 Å². The molecule has 0 saturated carbocycles. The molecule has 0 atom stereocenters. The first-order valence-corrected chi connectivity index (χ1v) is 5.07. The Balaban J connectivity index is -0.00000000240. The summed E-state index contributed by atoms with van der Waals surface area (Å²) < 4.78 is 64.7. The Morgan fingerprint density at radius 2 is 0.143 bits per heavy atom. The number of hydrogen-bond donors (Lipinski definition) is 10. The monoisotopic (exact) mass is 712 g/mol. The van der Waals surface area contributed by atoms with Crippen LogP contribution in [0.1, 0.15) is 0 Å². The Labute approximate surface area is 391 Å². The Morgan fingerprint density at radius 3 is 0.143 bits per heavy atom. The molecule has 28 heavy (non-hydrogen) atoms. The van der Waals surface area contributed by atoms with E-state index in [1.807, 2.05) is 0 Å². The van der Waals surface area contributed by atoms with Crippen LogP contribution in [0.5, 0.6) is 0 Å². The number of hydrogen-bond acceptors (Lipinski definition) is 10. The molecule has 0 unspecified atom stereocenters. The summed E-state index contributed by atoms with van der Waals surface area (Å²) in [6.45, 7) is 0. The zero-order valence-corrected chi connectivity index (χ0v) is 15.8. The predicted molar refractivity (Wildman–Crippen MR) is 138 cm³/mol. The van der Waals surface area contributed by atoms with Crippen LogP contribution >= 0.6 is 119 Å². The van der Waals surface area contributed by atoms with E-state index in [-0.39, 0.29) is 236 Å². The minimum atomic E-state index is 0. The zero-order valence-electron chi connectivity index (χ0n) is 8.25. The molecular formula is H18Cl10Na8O10. The van der Waals surface area contributed by atoms with Crippen molar-refractivity contribution < 1.29 is 46.6 Å². The third-order valence-electron chi connectivity index (χ3n) is 0. The van der Waals surface area contributed by atoms with E-state index in [1.54, 1.807) is 0 Å². The van der Waals surface area contributed by atoms with E-state index in [0.717, 1.165) is 0 Å². The second-order valence-corrected chi connectivity index (χ2v) is 0. The maximum atomic E-state index is 6.47. The molecule has 28 heteroatoms. The fraction of sp³-hybridized carbons (Fsp3) is 0. The second kappa shape index (κ2) is 453. The Kier molecular flexibility index (Phi) is 2080. The molecule has 0 rings (SSSR count). The van der Waals surface area contributed by atoms with Crippen molar-refractivity contribution >= 4 is 355 Å². The van der Waals surface area contributed by atoms with Gasteiger partial charge in [0.1, 0.15) is 0 Å². The van der Waals surface area contributed by atoms with Crippen molar-refractivity contribution in [3.63, 3.8) is 0 Å². The van der Waals surface area contributed by atoms with Crippen LogP contribution in [-0.2, 0) is 0 Å². The molecule has 0 aromatic carbocycles. The van der Waals surface area contributed by atoms with Crippen molar-refractivity contribution in [3.8, 4) is 0 Å². The van der Waals surface area contributed by atoms with Gasteiger partial charge in [-0.15, -0.1) is 0 Å². The van der Waals surface area contributed by atoms with Crippen molar-refractivity contribution in [2.24, 2.45) is 0 Å². The standard InChI is InChI=1S/10ClHO.8Na.8H/c10*1-2;;;;;;;;;;;;;;;;/h10*2H;;;;;;;;;;;;;;;;. The fourth-order valence-electron chi connectivity index (χ4n) is 0. The Bertz CT molecular complexity index is 44.2. The van der Waals surface area contributed by atoms with Gasteiger partial charge in [-0.3, -0.25) is 46.6 Å². The first-order valence-electron chi connectivity index (χ1n) is 1.69. The van der Waals surface area contributed by atoms with Gasteiger partial charge in [-0.2, -0.15) is 0 Å². The molecule has 0 amide bonds. The molecular weight excluding hydrogens is 698 g/mol. The summed E-state index contributed by atoms with van der Waals surface area (Å²) in [6.07, 6.45) is 0. The Morgan fingerprint density at radius 1 is 0.143 bits per heavy atom. The van der Waals surface area contributed by atoms with E-state index in [9.17, 15) is 0 Å². The van der Waals surface area contributed by atoms with E-state index in [0.29, 0.717) is 0 Å². The summed E-state index contributed by atoms with van der Waals surface area (Å²) >= 11 is 36.4. The minimum absolute atomic E-state index is 0. The van der Waals surface area contributed by atoms with Gasteiger partial charge >= 0.3 is 236 Å². The zero-order chi connectivity index (χ0) is 20.0. The van der Waals surface area contributed by atoms with Crippen LogP contribution in [-0.4, -0.2) is 283 Å². The summed E-state index contributed by atoms with van der Waals surface area (Å²) in [7, 11) is 0. The molecule has 0 aliphatic heterocycles. The molecule has 0 aromatic heterocycles. The second-order valence-electron chi connectivity index (χ2n) is 0. The first-order chi connectivity index (χ1) is 10.0. The van der Waals surface area contributed by atoms with Gasteiger partial charge in [-0.05, 0) is 0 Å². The molecule has 0 heterocycles. The van der Waals surface area contributed by atoms with Gasteiger partial charge < -0.3 is 0 Å². The van der Waals surface area contributed by atoms with E-state index in [1.165, 1.54) is 0 Å². The van der Waals surface area contributed by atoms with Gasteiger partial charge in [0.25, 0.3) is 0 Å². The average Bonchev–Trinajstić information content (AvgIpc) is 2.71.